The summed E-state index contributed by atoms with van der Waals surface area (Å²) in [5.41, 5.74) is 5.06. The zero-order valence-electron chi connectivity index (χ0n) is 23.3. The number of amides is 1. The van der Waals surface area contributed by atoms with Gasteiger partial charge in [-0.15, -0.1) is 11.3 Å². The molecule has 40 heavy (non-hydrogen) atoms. The number of furan rings is 1. The van der Waals surface area contributed by atoms with E-state index in [1.807, 2.05) is 22.3 Å². The number of likely N-dealkylation sites (tertiary alicyclic amines) is 1. The van der Waals surface area contributed by atoms with Crippen LogP contribution in [0.15, 0.2) is 22.6 Å². The summed E-state index contributed by atoms with van der Waals surface area (Å²) < 4.78 is 19.7. The Hall–Kier alpha value is -3.24. The summed E-state index contributed by atoms with van der Waals surface area (Å²) in [5, 5.41) is 15.9. The monoisotopic (exact) mass is 572 g/mol. The van der Waals surface area contributed by atoms with Gasteiger partial charge in [-0.05, 0) is 74.4 Å². The highest BCUT2D eigenvalue weighted by Crippen LogP contribution is 2.39. The number of carbonyl (C=O) groups is 3. The Morgan fingerprint density at radius 2 is 1.77 bits per heavy atom. The van der Waals surface area contributed by atoms with Gasteiger partial charge in [-0.25, -0.2) is 14.0 Å². The van der Waals surface area contributed by atoms with Crippen molar-refractivity contribution in [1.82, 2.24) is 9.80 Å². The Labute approximate surface area is 237 Å². The van der Waals surface area contributed by atoms with Crippen molar-refractivity contribution < 1.29 is 33.4 Å². The molecule has 5 rings (SSSR count). The summed E-state index contributed by atoms with van der Waals surface area (Å²) in [5.74, 6) is -2.19. The van der Waals surface area contributed by atoms with Crippen LogP contribution >= 0.6 is 11.3 Å². The Bertz CT molecular complexity index is 1380. The topological polar surface area (TPSA) is 111 Å². The number of nitrogens with zero attached hydrogens (tertiary/aromatic N) is 2. The molecule has 1 aromatic carbocycles. The van der Waals surface area contributed by atoms with Gasteiger partial charge in [-0.1, -0.05) is 13.8 Å². The number of benzene rings is 1. The third-order valence-corrected chi connectivity index (χ3v) is 9.29. The van der Waals surface area contributed by atoms with Gasteiger partial charge >= 0.3 is 11.9 Å². The minimum absolute atomic E-state index is 0.184. The van der Waals surface area contributed by atoms with E-state index < -0.39 is 11.9 Å². The van der Waals surface area contributed by atoms with Crippen LogP contribution in [0.5, 0.6) is 0 Å². The van der Waals surface area contributed by atoms with E-state index in [0.29, 0.717) is 11.5 Å². The molecular weight excluding hydrogens is 535 g/mol. The first-order chi connectivity index (χ1) is 19.1. The van der Waals surface area contributed by atoms with Crippen LogP contribution in [0.3, 0.4) is 0 Å². The van der Waals surface area contributed by atoms with Crippen LogP contribution in [0.4, 0.5) is 4.39 Å². The number of rotatable bonds is 6. The molecule has 0 radical (unpaired) electrons. The number of aliphatic carboxylic acids is 2. The number of thiophene rings is 1. The first kappa shape index (κ1) is 29.7. The van der Waals surface area contributed by atoms with Crippen LogP contribution in [-0.2, 0) is 46.6 Å². The molecule has 8 nitrogen and oxygen atoms in total. The molecule has 216 valence electrons. The van der Waals surface area contributed by atoms with Gasteiger partial charge in [0, 0.05) is 53.2 Å². The van der Waals surface area contributed by atoms with Gasteiger partial charge in [-0.3, -0.25) is 4.79 Å². The Balaban J connectivity index is 0.000000557. The lowest BCUT2D eigenvalue weighted by Gasteiger charge is -2.32. The number of fused-ring (bicyclic) bond motifs is 2. The third-order valence-electron chi connectivity index (χ3n) is 7.97. The summed E-state index contributed by atoms with van der Waals surface area (Å²) in [6.07, 6.45) is 6.26. The summed E-state index contributed by atoms with van der Waals surface area (Å²) in [7, 11) is 0. The number of aryl methyl sites for hydroxylation is 1. The van der Waals surface area contributed by atoms with Crippen LogP contribution in [0.2, 0.25) is 0 Å². The second kappa shape index (κ2) is 13.0. The highest BCUT2D eigenvalue weighted by molar-refractivity contribution is 7.12. The lowest BCUT2D eigenvalue weighted by molar-refractivity contribution is -0.159. The summed E-state index contributed by atoms with van der Waals surface area (Å²) in [6, 6.07) is 4.97. The second-order valence-electron chi connectivity index (χ2n) is 10.4. The van der Waals surface area contributed by atoms with Gasteiger partial charge in [0.25, 0.3) is 0 Å². The standard InChI is InChI=1S/C28H35FN2O2S.C2H2O4/c1-4-21-22-10-15-31(18(3)32)17-27(22)34-26(21)11-14-30-12-8-19(9-13-30)28-23-7-6-20(29)16-25(23)33-24(28)5-2;3-1(4)2(5)6/h6-7,16,19H,4-5,8-15,17H2,1-3H3;(H,3,4)(H,5,6). The Morgan fingerprint density at radius 1 is 1.07 bits per heavy atom. The lowest BCUT2D eigenvalue weighted by atomic mass is 9.87. The molecule has 3 aromatic rings. The molecule has 2 aromatic heterocycles. The molecule has 4 heterocycles. The van der Waals surface area contributed by atoms with E-state index >= 15 is 0 Å². The molecule has 1 fully saturated rings. The van der Waals surface area contributed by atoms with Crippen molar-refractivity contribution in [1.29, 1.82) is 0 Å². The SMILES string of the molecule is CCc1oc2cc(F)ccc2c1C1CCN(CCc2sc3c(c2CC)CCN(C(C)=O)C3)CC1.O=C(O)C(=O)O. The number of halogens is 1. The minimum Gasteiger partial charge on any atom is -0.473 e. The van der Waals surface area contributed by atoms with Crippen LogP contribution in [0.1, 0.15) is 71.7 Å². The van der Waals surface area contributed by atoms with E-state index in [2.05, 4.69) is 18.7 Å². The number of carbonyl (C=O) groups excluding carboxylic acids is 1. The van der Waals surface area contributed by atoms with Crippen molar-refractivity contribution in [3.63, 3.8) is 0 Å². The van der Waals surface area contributed by atoms with Crippen molar-refractivity contribution >= 4 is 40.2 Å². The maximum Gasteiger partial charge on any atom is 0.414 e. The van der Waals surface area contributed by atoms with Crippen molar-refractivity contribution in [2.75, 3.05) is 26.2 Å². The average Bonchev–Trinajstić information content (AvgIpc) is 3.48. The lowest BCUT2D eigenvalue weighted by Crippen LogP contribution is -2.34. The van der Waals surface area contributed by atoms with Gasteiger partial charge in [0.05, 0.1) is 6.54 Å². The summed E-state index contributed by atoms with van der Waals surface area (Å²) >= 11 is 1.94. The number of hydrogen-bond donors (Lipinski definition) is 2. The van der Waals surface area contributed by atoms with Crippen molar-refractivity contribution in [2.45, 2.75) is 71.8 Å². The van der Waals surface area contributed by atoms with Gasteiger partial charge in [0.15, 0.2) is 0 Å². The van der Waals surface area contributed by atoms with E-state index in [9.17, 15) is 9.18 Å². The quantitative estimate of drug-likeness (QED) is 0.389. The molecule has 10 heteroatoms. The zero-order chi connectivity index (χ0) is 29.0. The highest BCUT2D eigenvalue weighted by Gasteiger charge is 2.28. The molecule has 0 atom stereocenters. The maximum atomic E-state index is 13.7. The molecule has 0 unspecified atom stereocenters. The molecule has 2 aliphatic heterocycles. The molecule has 1 amide bonds. The molecule has 0 bridgehead atoms. The van der Waals surface area contributed by atoms with Gasteiger partial charge in [-0.2, -0.15) is 0 Å². The van der Waals surface area contributed by atoms with E-state index in [1.54, 1.807) is 18.6 Å². The first-order valence-electron chi connectivity index (χ1n) is 13.9. The van der Waals surface area contributed by atoms with Crippen LogP contribution in [0, 0.1) is 5.82 Å². The fourth-order valence-electron chi connectivity index (χ4n) is 5.96. The molecule has 0 spiro atoms. The fourth-order valence-corrected chi connectivity index (χ4v) is 7.41. The predicted octanol–water partition coefficient (Wildman–Crippen LogP) is 5.24. The summed E-state index contributed by atoms with van der Waals surface area (Å²) in [4.78, 5) is 37.5. The highest BCUT2D eigenvalue weighted by atomic mass is 32.1. The third kappa shape index (κ3) is 6.55. The van der Waals surface area contributed by atoms with Crippen molar-refractivity contribution in [2.24, 2.45) is 0 Å². The second-order valence-corrected chi connectivity index (χ2v) is 11.5. The molecule has 2 N–H and O–H groups in total. The molecule has 2 aliphatic rings. The molecule has 0 aliphatic carbocycles. The number of carboxylic acids is 2. The molecule has 1 saturated heterocycles. The van der Waals surface area contributed by atoms with Gasteiger partial charge in [0.1, 0.15) is 17.2 Å². The van der Waals surface area contributed by atoms with Crippen LogP contribution in [0.25, 0.3) is 11.0 Å². The average molecular weight is 573 g/mol. The number of carboxylic acid groups (broad SMARTS) is 2. The van der Waals surface area contributed by atoms with Crippen molar-refractivity contribution in [3.8, 4) is 0 Å². The van der Waals surface area contributed by atoms with E-state index in [1.165, 1.54) is 26.9 Å². The smallest absolute Gasteiger partial charge is 0.414 e. The Morgan fingerprint density at radius 3 is 2.38 bits per heavy atom. The molecule has 0 saturated carbocycles. The van der Waals surface area contributed by atoms with Crippen LogP contribution in [-0.4, -0.2) is 64.0 Å². The van der Waals surface area contributed by atoms with Crippen LogP contribution < -0.4 is 0 Å². The zero-order valence-corrected chi connectivity index (χ0v) is 24.1. The van der Waals surface area contributed by atoms with Gasteiger partial charge in [0.2, 0.25) is 5.91 Å². The maximum absolute atomic E-state index is 13.7. The fraction of sp³-hybridized carbons (Fsp3) is 0.500. The number of piperidine rings is 1. The van der Waals surface area contributed by atoms with Crippen molar-refractivity contribution in [3.05, 3.63) is 56.2 Å². The normalized spacial score (nSPS) is 15.9. The van der Waals surface area contributed by atoms with E-state index in [0.717, 1.165) is 82.4 Å². The largest absolute Gasteiger partial charge is 0.473 e. The summed E-state index contributed by atoms with van der Waals surface area (Å²) in [6.45, 7) is 11.0. The van der Waals surface area contributed by atoms with Gasteiger partial charge < -0.3 is 24.4 Å². The Kier molecular flexibility index (Phi) is 9.63. The number of hydrogen-bond acceptors (Lipinski definition) is 6. The van der Waals surface area contributed by atoms with E-state index in [-0.39, 0.29) is 11.7 Å². The molecular formula is C30H37FN2O6S. The van der Waals surface area contributed by atoms with E-state index in [4.69, 9.17) is 24.2 Å². The minimum atomic E-state index is -1.82. The predicted molar refractivity (Wildman–Crippen MR) is 151 cm³/mol. The first-order valence-corrected chi connectivity index (χ1v) is 14.7.